The molecule has 1 aromatic carbocycles. The summed E-state index contributed by atoms with van der Waals surface area (Å²) in [6.45, 7) is 9.88. The molecular formula is C25H34N4O3. The van der Waals surface area contributed by atoms with Crippen LogP contribution in [0.4, 0.5) is 4.79 Å². The number of carbonyl (C=O) groups excluding carboxylic acids is 2. The van der Waals surface area contributed by atoms with Crippen molar-refractivity contribution in [3.05, 3.63) is 46.8 Å². The molecule has 1 unspecified atom stereocenters. The molecule has 0 aliphatic heterocycles. The molecule has 0 bridgehead atoms. The van der Waals surface area contributed by atoms with Crippen molar-refractivity contribution in [1.82, 2.24) is 20.4 Å². The van der Waals surface area contributed by atoms with Crippen LogP contribution < -0.4 is 10.6 Å². The first kappa shape index (κ1) is 22.4. The highest BCUT2D eigenvalue weighted by Crippen LogP contribution is 2.40. The summed E-state index contributed by atoms with van der Waals surface area (Å²) in [7, 11) is 0. The summed E-state index contributed by atoms with van der Waals surface area (Å²) >= 11 is 0. The van der Waals surface area contributed by atoms with Gasteiger partial charge in [0, 0.05) is 17.8 Å². The predicted octanol–water partition coefficient (Wildman–Crippen LogP) is 4.09. The first-order valence-corrected chi connectivity index (χ1v) is 11.5. The van der Waals surface area contributed by atoms with Gasteiger partial charge < -0.3 is 15.4 Å². The van der Waals surface area contributed by atoms with E-state index in [1.165, 1.54) is 0 Å². The van der Waals surface area contributed by atoms with E-state index in [1.807, 2.05) is 50.6 Å². The SMILES string of the molecule is Cc1ccccc1-n1nc(C(=O)NC(C)(CNC(=O)OC(C)(C)C)C2CC2)c2c1CCC2. The average molecular weight is 439 g/mol. The van der Waals surface area contributed by atoms with Gasteiger partial charge in [-0.15, -0.1) is 0 Å². The number of hydrogen-bond acceptors (Lipinski definition) is 4. The van der Waals surface area contributed by atoms with Crippen LogP contribution in [0.2, 0.25) is 0 Å². The van der Waals surface area contributed by atoms with Gasteiger partial charge >= 0.3 is 6.09 Å². The molecule has 0 radical (unpaired) electrons. The van der Waals surface area contributed by atoms with Gasteiger partial charge in [0.25, 0.3) is 5.91 Å². The summed E-state index contributed by atoms with van der Waals surface area (Å²) in [4.78, 5) is 25.6. The van der Waals surface area contributed by atoms with Gasteiger partial charge in [-0.2, -0.15) is 5.10 Å². The van der Waals surface area contributed by atoms with Crippen LogP contribution in [0.3, 0.4) is 0 Å². The van der Waals surface area contributed by atoms with Crippen LogP contribution in [0.1, 0.15) is 74.3 Å². The second-order valence-electron chi connectivity index (χ2n) is 10.3. The Morgan fingerprint density at radius 3 is 2.53 bits per heavy atom. The third kappa shape index (κ3) is 4.66. The smallest absolute Gasteiger partial charge is 0.407 e. The monoisotopic (exact) mass is 438 g/mol. The molecule has 1 atom stereocenters. The summed E-state index contributed by atoms with van der Waals surface area (Å²) in [6.07, 6.45) is 4.40. The average Bonchev–Trinajstić information content (AvgIpc) is 3.36. The Bertz CT molecular complexity index is 1030. The van der Waals surface area contributed by atoms with E-state index in [2.05, 4.69) is 23.6 Å². The molecule has 1 heterocycles. The fraction of sp³-hybridized carbons (Fsp3) is 0.560. The minimum Gasteiger partial charge on any atom is -0.444 e. The van der Waals surface area contributed by atoms with Gasteiger partial charge in [-0.25, -0.2) is 9.48 Å². The first-order valence-electron chi connectivity index (χ1n) is 11.5. The highest BCUT2D eigenvalue weighted by Gasteiger charge is 2.44. The molecule has 2 N–H and O–H groups in total. The number of nitrogens with zero attached hydrogens (tertiary/aromatic N) is 2. The Morgan fingerprint density at radius 2 is 1.88 bits per heavy atom. The van der Waals surface area contributed by atoms with Crippen LogP contribution in [0.5, 0.6) is 0 Å². The summed E-state index contributed by atoms with van der Waals surface area (Å²) in [5.41, 5.74) is 3.71. The van der Waals surface area contributed by atoms with Crippen molar-refractivity contribution in [2.24, 2.45) is 5.92 Å². The minimum absolute atomic E-state index is 0.170. The van der Waals surface area contributed by atoms with Gasteiger partial charge in [-0.1, -0.05) is 18.2 Å². The molecule has 7 nitrogen and oxygen atoms in total. The van der Waals surface area contributed by atoms with Crippen molar-refractivity contribution in [1.29, 1.82) is 0 Å². The van der Waals surface area contributed by atoms with Crippen LogP contribution in [0, 0.1) is 12.8 Å². The highest BCUT2D eigenvalue weighted by atomic mass is 16.6. The molecule has 1 fully saturated rings. The number of benzene rings is 1. The molecule has 0 saturated heterocycles. The number of rotatable bonds is 6. The van der Waals surface area contributed by atoms with Crippen molar-refractivity contribution in [2.75, 3.05) is 6.54 Å². The largest absolute Gasteiger partial charge is 0.444 e. The standard InChI is InChI=1S/C25H34N4O3/c1-16-9-6-7-11-19(16)29-20-12-8-10-18(20)21(28-29)22(30)27-25(5,17-13-14-17)15-26-23(31)32-24(2,3)4/h6-7,9,11,17H,8,10,12-15H2,1-5H3,(H,26,31)(H,27,30). The van der Waals surface area contributed by atoms with Gasteiger partial charge in [-0.3, -0.25) is 4.79 Å². The normalized spacial score (nSPS) is 17.4. The number of fused-ring (bicyclic) bond motifs is 1. The molecule has 2 aliphatic carbocycles. The summed E-state index contributed by atoms with van der Waals surface area (Å²) in [6, 6.07) is 8.11. The summed E-state index contributed by atoms with van der Waals surface area (Å²) < 4.78 is 7.31. The lowest BCUT2D eigenvalue weighted by Crippen LogP contribution is -2.55. The zero-order chi connectivity index (χ0) is 23.1. The zero-order valence-corrected chi connectivity index (χ0v) is 19.7. The summed E-state index contributed by atoms with van der Waals surface area (Å²) in [5, 5.41) is 10.8. The van der Waals surface area contributed by atoms with E-state index in [1.54, 1.807) is 0 Å². The van der Waals surface area contributed by atoms with Crippen LogP contribution >= 0.6 is 0 Å². The Labute approximate surface area is 189 Å². The summed E-state index contributed by atoms with van der Waals surface area (Å²) in [5.74, 6) is 0.156. The third-order valence-corrected chi connectivity index (χ3v) is 6.37. The topological polar surface area (TPSA) is 85.3 Å². The van der Waals surface area contributed by atoms with Gasteiger partial charge in [-0.05, 0) is 84.3 Å². The molecule has 32 heavy (non-hydrogen) atoms. The van der Waals surface area contributed by atoms with Crippen molar-refractivity contribution in [3.63, 3.8) is 0 Å². The molecule has 2 aliphatic rings. The Morgan fingerprint density at radius 1 is 1.16 bits per heavy atom. The Kier molecular flexibility index (Phi) is 5.77. The van der Waals surface area contributed by atoms with E-state index in [-0.39, 0.29) is 5.91 Å². The molecule has 172 valence electrons. The molecule has 1 saturated carbocycles. The maximum absolute atomic E-state index is 13.4. The quantitative estimate of drug-likeness (QED) is 0.711. The second-order valence-corrected chi connectivity index (χ2v) is 10.3. The number of aromatic nitrogens is 2. The second kappa shape index (κ2) is 8.26. The van der Waals surface area contributed by atoms with Gasteiger partial charge in [0.1, 0.15) is 5.60 Å². The van der Waals surface area contributed by atoms with Crippen molar-refractivity contribution in [2.45, 2.75) is 77.9 Å². The number of nitrogens with one attached hydrogen (secondary N) is 2. The molecule has 4 rings (SSSR count). The maximum Gasteiger partial charge on any atom is 0.407 e. The van der Waals surface area contributed by atoms with Gasteiger partial charge in [0.15, 0.2) is 5.69 Å². The van der Waals surface area contributed by atoms with Crippen molar-refractivity contribution >= 4 is 12.0 Å². The molecule has 0 spiro atoms. The molecule has 2 aromatic rings. The van der Waals surface area contributed by atoms with Crippen molar-refractivity contribution < 1.29 is 14.3 Å². The van der Waals surface area contributed by atoms with E-state index >= 15 is 0 Å². The fourth-order valence-electron chi connectivity index (χ4n) is 4.52. The Balaban J connectivity index is 1.54. The number of hydrogen-bond donors (Lipinski definition) is 2. The fourth-order valence-corrected chi connectivity index (χ4v) is 4.52. The van der Waals surface area contributed by atoms with E-state index in [4.69, 9.17) is 9.84 Å². The van der Waals surface area contributed by atoms with E-state index in [0.717, 1.165) is 54.6 Å². The molecule has 7 heteroatoms. The predicted molar refractivity (Wildman–Crippen MR) is 123 cm³/mol. The van der Waals surface area contributed by atoms with Crippen LogP contribution in [-0.4, -0.2) is 39.5 Å². The van der Waals surface area contributed by atoms with Crippen LogP contribution in [0.15, 0.2) is 24.3 Å². The van der Waals surface area contributed by atoms with Gasteiger partial charge in [0.2, 0.25) is 0 Å². The van der Waals surface area contributed by atoms with Crippen LogP contribution in [0.25, 0.3) is 5.69 Å². The molecule has 2 amide bonds. The Hall–Kier alpha value is -2.83. The lowest BCUT2D eigenvalue weighted by atomic mass is 9.95. The highest BCUT2D eigenvalue weighted by molar-refractivity contribution is 5.95. The van der Waals surface area contributed by atoms with E-state index < -0.39 is 17.2 Å². The number of ether oxygens (including phenoxy) is 1. The maximum atomic E-state index is 13.4. The molecule has 1 aromatic heterocycles. The lowest BCUT2D eigenvalue weighted by Gasteiger charge is -2.31. The number of amides is 2. The first-order chi connectivity index (χ1) is 15.1. The van der Waals surface area contributed by atoms with E-state index in [0.29, 0.717) is 18.2 Å². The minimum atomic E-state index is -0.563. The zero-order valence-electron chi connectivity index (χ0n) is 19.7. The number of para-hydroxylation sites is 1. The number of aryl methyl sites for hydroxylation is 1. The van der Waals surface area contributed by atoms with E-state index in [9.17, 15) is 9.59 Å². The number of alkyl carbamates (subject to hydrolysis) is 1. The number of carbonyl (C=O) groups is 2. The molecular weight excluding hydrogens is 404 g/mol. The third-order valence-electron chi connectivity index (χ3n) is 6.37. The lowest BCUT2D eigenvalue weighted by molar-refractivity contribution is 0.0502. The van der Waals surface area contributed by atoms with Crippen LogP contribution in [-0.2, 0) is 17.6 Å². The van der Waals surface area contributed by atoms with Gasteiger partial charge in [0.05, 0.1) is 11.2 Å². The van der Waals surface area contributed by atoms with Crippen molar-refractivity contribution in [3.8, 4) is 5.69 Å².